The van der Waals surface area contributed by atoms with E-state index in [1.165, 1.54) is 13.5 Å². The summed E-state index contributed by atoms with van der Waals surface area (Å²) in [5.74, 6) is -1.73. The van der Waals surface area contributed by atoms with Gasteiger partial charge in [0.25, 0.3) is 0 Å². The number of hydrogen-bond acceptors (Lipinski definition) is 4. The number of ether oxygens (including phenoxy) is 1. The maximum absolute atomic E-state index is 11.3. The first-order valence-corrected chi connectivity index (χ1v) is 4.21. The first kappa shape index (κ1) is 10.2. The minimum Gasteiger partial charge on any atom is -0.468 e. The molecule has 3 atom stereocenters. The van der Waals surface area contributed by atoms with Crippen molar-refractivity contribution in [3.8, 4) is 0 Å². The maximum Gasteiger partial charge on any atom is 0.316 e. The normalized spacial score (nSPS) is 34.4. The number of carbonyl (C=O) groups is 2. The van der Waals surface area contributed by atoms with E-state index in [-0.39, 0.29) is 11.7 Å². The fourth-order valence-corrected chi connectivity index (χ4v) is 1.63. The molecule has 1 fully saturated rings. The minimum atomic E-state index is -0.728. The van der Waals surface area contributed by atoms with E-state index in [4.69, 9.17) is 0 Å². The first-order valence-electron chi connectivity index (χ1n) is 4.21. The van der Waals surface area contributed by atoms with Crippen LogP contribution in [0.3, 0.4) is 0 Å². The van der Waals surface area contributed by atoms with E-state index < -0.39 is 18.0 Å². The van der Waals surface area contributed by atoms with Crippen LogP contribution in [-0.4, -0.2) is 30.1 Å². The molecule has 0 aromatic rings. The van der Waals surface area contributed by atoms with Crippen molar-refractivity contribution in [3.05, 3.63) is 6.42 Å². The van der Waals surface area contributed by atoms with E-state index in [0.717, 1.165) is 0 Å². The Morgan fingerprint density at radius 3 is 2.77 bits per heavy atom. The highest BCUT2D eigenvalue weighted by Gasteiger charge is 2.39. The van der Waals surface area contributed by atoms with Gasteiger partial charge >= 0.3 is 5.97 Å². The monoisotopic (exact) mass is 185 g/mol. The lowest BCUT2D eigenvalue weighted by atomic mass is 9.78. The molecule has 1 rings (SSSR count). The van der Waals surface area contributed by atoms with Crippen molar-refractivity contribution in [1.82, 2.24) is 0 Å². The van der Waals surface area contributed by atoms with Crippen molar-refractivity contribution in [2.24, 2.45) is 11.8 Å². The van der Waals surface area contributed by atoms with Crippen LogP contribution in [-0.2, 0) is 14.3 Å². The Morgan fingerprint density at radius 2 is 2.31 bits per heavy atom. The van der Waals surface area contributed by atoms with Crippen molar-refractivity contribution >= 4 is 11.8 Å². The summed E-state index contributed by atoms with van der Waals surface area (Å²) in [4.78, 5) is 22.4. The Hall–Kier alpha value is -0.900. The predicted molar refractivity (Wildman–Crippen MR) is 44.6 cm³/mol. The van der Waals surface area contributed by atoms with Gasteiger partial charge in [-0.1, -0.05) is 6.92 Å². The Labute approximate surface area is 76.9 Å². The third kappa shape index (κ3) is 2.06. The van der Waals surface area contributed by atoms with Crippen molar-refractivity contribution in [3.63, 3.8) is 0 Å². The van der Waals surface area contributed by atoms with E-state index in [1.54, 1.807) is 6.92 Å². The van der Waals surface area contributed by atoms with Gasteiger partial charge < -0.3 is 9.84 Å². The molecule has 1 saturated carbocycles. The second-order valence-corrected chi connectivity index (χ2v) is 3.35. The molecule has 0 heterocycles. The zero-order valence-corrected chi connectivity index (χ0v) is 7.69. The van der Waals surface area contributed by atoms with Crippen molar-refractivity contribution in [2.45, 2.75) is 19.4 Å². The van der Waals surface area contributed by atoms with Crippen molar-refractivity contribution in [2.75, 3.05) is 7.11 Å². The van der Waals surface area contributed by atoms with Crippen LogP contribution in [0.1, 0.15) is 13.3 Å². The Morgan fingerprint density at radius 1 is 1.69 bits per heavy atom. The van der Waals surface area contributed by atoms with Crippen LogP contribution < -0.4 is 0 Å². The number of methoxy groups -OCH3 is 1. The second kappa shape index (κ2) is 3.87. The summed E-state index contributed by atoms with van der Waals surface area (Å²) in [6, 6.07) is 0. The largest absolute Gasteiger partial charge is 0.468 e. The number of aliphatic hydroxyl groups is 1. The van der Waals surface area contributed by atoms with Crippen LogP contribution in [0.15, 0.2) is 0 Å². The molecule has 1 aliphatic carbocycles. The molecule has 1 aliphatic rings. The Bertz CT molecular complexity index is 224. The summed E-state index contributed by atoms with van der Waals surface area (Å²) < 4.78 is 4.50. The summed E-state index contributed by atoms with van der Waals surface area (Å²) in [6.45, 7) is 1.76. The summed E-state index contributed by atoms with van der Waals surface area (Å²) >= 11 is 0. The van der Waals surface area contributed by atoms with Gasteiger partial charge in [-0.2, -0.15) is 0 Å². The van der Waals surface area contributed by atoms with E-state index in [9.17, 15) is 14.7 Å². The van der Waals surface area contributed by atoms with E-state index in [2.05, 4.69) is 4.74 Å². The molecule has 0 aliphatic heterocycles. The standard InChI is InChI=1S/C9H13O4/c1-5-3-6(10)4-7(11)8(5)9(12)13-2/h4-6,8,10H,3H2,1-2H3. The number of hydrogen-bond donors (Lipinski definition) is 1. The molecule has 4 heteroatoms. The third-order valence-corrected chi connectivity index (χ3v) is 2.30. The highest BCUT2D eigenvalue weighted by molar-refractivity contribution is 6.04. The fraction of sp³-hybridized carbons (Fsp3) is 0.667. The van der Waals surface area contributed by atoms with Gasteiger partial charge in [0.15, 0.2) is 5.78 Å². The van der Waals surface area contributed by atoms with Gasteiger partial charge in [0.05, 0.1) is 19.6 Å². The molecular formula is C9H13O4. The summed E-state index contributed by atoms with van der Waals surface area (Å²) in [7, 11) is 1.26. The van der Waals surface area contributed by atoms with Crippen molar-refractivity contribution in [1.29, 1.82) is 0 Å². The van der Waals surface area contributed by atoms with Gasteiger partial charge in [0, 0.05) is 0 Å². The maximum atomic E-state index is 11.3. The van der Waals surface area contributed by atoms with Crippen LogP contribution in [0.4, 0.5) is 0 Å². The lowest BCUT2D eigenvalue weighted by molar-refractivity contribution is -0.152. The smallest absolute Gasteiger partial charge is 0.316 e. The minimum absolute atomic E-state index is 0.153. The molecule has 13 heavy (non-hydrogen) atoms. The van der Waals surface area contributed by atoms with Gasteiger partial charge in [0.1, 0.15) is 5.92 Å². The van der Waals surface area contributed by atoms with E-state index in [0.29, 0.717) is 6.42 Å². The van der Waals surface area contributed by atoms with Gasteiger partial charge in [-0.3, -0.25) is 9.59 Å². The van der Waals surface area contributed by atoms with Crippen LogP contribution in [0.5, 0.6) is 0 Å². The number of Topliss-reactive ketones (excluding diaryl/α,β-unsaturated/α-hetero) is 1. The zero-order chi connectivity index (χ0) is 10.0. The lowest BCUT2D eigenvalue weighted by Crippen LogP contribution is -2.40. The molecule has 0 amide bonds. The lowest BCUT2D eigenvalue weighted by Gasteiger charge is -2.28. The van der Waals surface area contributed by atoms with E-state index in [1.807, 2.05) is 0 Å². The third-order valence-electron chi connectivity index (χ3n) is 2.30. The molecule has 4 nitrogen and oxygen atoms in total. The number of aliphatic hydroxyl groups excluding tert-OH is 1. The molecule has 0 bridgehead atoms. The fourth-order valence-electron chi connectivity index (χ4n) is 1.63. The summed E-state index contributed by atoms with van der Waals surface area (Å²) in [5.41, 5.74) is 0. The molecular weight excluding hydrogens is 172 g/mol. The molecule has 0 aromatic carbocycles. The average molecular weight is 185 g/mol. The molecule has 1 radical (unpaired) electrons. The predicted octanol–water partition coefficient (Wildman–Crippen LogP) is -0.0503. The molecule has 0 spiro atoms. The number of esters is 1. The first-order chi connectivity index (χ1) is 6.06. The second-order valence-electron chi connectivity index (χ2n) is 3.35. The number of rotatable bonds is 1. The summed E-state index contributed by atoms with van der Waals surface area (Å²) in [6.07, 6.45) is 0.899. The molecule has 0 aromatic heterocycles. The molecule has 1 N–H and O–H groups in total. The molecule has 3 unspecified atom stereocenters. The Balaban J connectivity index is 2.72. The van der Waals surface area contributed by atoms with Gasteiger partial charge in [-0.25, -0.2) is 0 Å². The van der Waals surface area contributed by atoms with Crippen molar-refractivity contribution < 1.29 is 19.4 Å². The number of carbonyl (C=O) groups excluding carboxylic acids is 2. The van der Waals surface area contributed by atoms with E-state index >= 15 is 0 Å². The van der Waals surface area contributed by atoms with Gasteiger partial charge in [-0.05, 0) is 12.3 Å². The SMILES string of the molecule is COC(=O)C1C(=O)[CH]C(O)CC1C. The quantitative estimate of drug-likeness (QED) is 0.459. The van der Waals surface area contributed by atoms with Crippen LogP contribution in [0.25, 0.3) is 0 Å². The van der Waals surface area contributed by atoms with Crippen LogP contribution >= 0.6 is 0 Å². The van der Waals surface area contributed by atoms with Gasteiger partial charge in [-0.15, -0.1) is 0 Å². The summed E-state index contributed by atoms with van der Waals surface area (Å²) in [5, 5.41) is 9.19. The molecule has 0 saturated heterocycles. The highest BCUT2D eigenvalue weighted by Crippen LogP contribution is 2.27. The average Bonchev–Trinajstić information content (AvgIpc) is 2.02. The van der Waals surface area contributed by atoms with Gasteiger partial charge in [0.2, 0.25) is 0 Å². The van der Waals surface area contributed by atoms with Crippen LogP contribution in [0, 0.1) is 18.3 Å². The highest BCUT2D eigenvalue weighted by atomic mass is 16.5. The van der Waals surface area contributed by atoms with Crippen LogP contribution in [0.2, 0.25) is 0 Å². The Kier molecular flexibility index (Phi) is 3.03. The number of ketones is 1. The zero-order valence-electron chi connectivity index (χ0n) is 7.69. The molecule has 73 valence electrons. The topological polar surface area (TPSA) is 63.6 Å².